The molecule has 0 atom stereocenters. The van der Waals surface area contributed by atoms with Crippen LogP contribution in [-0.2, 0) is 9.59 Å². The van der Waals surface area contributed by atoms with Gasteiger partial charge in [0.05, 0.1) is 0 Å². The quantitative estimate of drug-likeness (QED) is 0.573. The van der Waals surface area contributed by atoms with Crippen LogP contribution in [0.1, 0.15) is 33.1 Å². The van der Waals surface area contributed by atoms with Gasteiger partial charge in [-0.3, -0.25) is 9.59 Å². The van der Waals surface area contributed by atoms with Crippen LogP contribution < -0.4 is 5.32 Å². The van der Waals surface area contributed by atoms with Gasteiger partial charge < -0.3 is 10.2 Å². The van der Waals surface area contributed by atoms with E-state index in [-0.39, 0.29) is 11.8 Å². The van der Waals surface area contributed by atoms with E-state index in [1.165, 1.54) is 0 Å². The summed E-state index contributed by atoms with van der Waals surface area (Å²) in [6, 6.07) is 0. The Morgan fingerprint density at radius 2 is 2.11 bits per heavy atom. The fraction of sp³-hybridized carbons (Fsp3) is 0.714. The van der Waals surface area contributed by atoms with Crippen molar-refractivity contribution < 1.29 is 9.59 Å². The molecule has 0 unspecified atom stereocenters. The molecule has 1 rings (SSSR count). The Kier molecular flexibility index (Phi) is 6.42. The number of hydrogen-bond donors (Lipinski definition) is 1. The van der Waals surface area contributed by atoms with E-state index in [1.807, 2.05) is 24.8 Å². The third kappa shape index (κ3) is 4.00. The lowest BCUT2D eigenvalue weighted by Crippen LogP contribution is -2.56. The van der Waals surface area contributed by atoms with Gasteiger partial charge >= 0.3 is 0 Å². The number of amides is 2. The van der Waals surface area contributed by atoms with Gasteiger partial charge in [0.2, 0.25) is 11.8 Å². The highest BCUT2D eigenvalue weighted by molar-refractivity contribution is 7.99. The predicted octanol–water partition coefficient (Wildman–Crippen LogP) is 1.81. The van der Waals surface area contributed by atoms with Gasteiger partial charge in [0.25, 0.3) is 0 Å². The molecule has 0 aliphatic carbocycles. The van der Waals surface area contributed by atoms with Crippen LogP contribution >= 0.6 is 11.8 Å². The summed E-state index contributed by atoms with van der Waals surface area (Å²) < 4.78 is 0. The van der Waals surface area contributed by atoms with Crippen LogP contribution in [0, 0.1) is 0 Å². The summed E-state index contributed by atoms with van der Waals surface area (Å²) in [6.45, 7) is 8.82. The van der Waals surface area contributed by atoms with Gasteiger partial charge in [0.1, 0.15) is 5.54 Å². The summed E-state index contributed by atoms with van der Waals surface area (Å²) in [6.07, 6.45) is 3.55. The van der Waals surface area contributed by atoms with E-state index in [2.05, 4.69) is 11.9 Å². The van der Waals surface area contributed by atoms with Gasteiger partial charge in [-0.2, -0.15) is 11.8 Å². The Morgan fingerprint density at radius 1 is 1.42 bits per heavy atom. The number of nitrogens with zero attached hydrogens (tertiary/aromatic N) is 1. The van der Waals surface area contributed by atoms with Crippen LogP contribution in [0.2, 0.25) is 0 Å². The number of carbonyl (C=O) groups is 2. The van der Waals surface area contributed by atoms with E-state index in [0.717, 1.165) is 11.5 Å². The molecule has 108 valence electrons. The molecule has 1 aliphatic heterocycles. The van der Waals surface area contributed by atoms with Crippen LogP contribution in [0.25, 0.3) is 0 Å². The average molecular weight is 284 g/mol. The normalized spacial score (nSPS) is 18.9. The molecule has 4 nitrogen and oxygen atoms in total. The number of thioether (sulfide) groups is 1. The van der Waals surface area contributed by atoms with Crippen molar-refractivity contribution in [1.29, 1.82) is 0 Å². The SMILES string of the molecule is C=CCSCCN1CCC(=O)NC(CC)(CC)C1=O. The van der Waals surface area contributed by atoms with E-state index in [1.54, 1.807) is 11.8 Å². The maximum absolute atomic E-state index is 12.6. The van der Waals surface area contributed by atoms with E-state index in [9.17, 15) is 9.59 Å². The zero-order valence-corrected chi connectivity index (χ0v) is 12.7. The second-order valence-electron chi connectivity index (χ2n) is 4.74. The summed E-state index contributed by atoms with van der Waals surface area (Å²) >= 11 is 1.75. The summed E-state index contributed by atoms with van der Waals surface area (Å²) in [5, 5.41) is 2.92. The van der Waals surface area contributed by atoms with Crippen molar-refractivity contribution in [1.82, 2.24) is 10.2 Å². The van der Waals surface area contributed by atoms with E-state index >= 15 is 0 Å². The first-order valence-electron chi connectivity index (χ1n) is 6.88. The molecule has 1 heterocycles. The van der Waals surface area contributed by atoms with Gasteiger partial charge in [0, 0.05) is 31.0 Å². The lowest BCUT2D eigenvalue weighted by molar-refractivity contribution is -0.139. The Hall–Kier alpha value is -0.970. The minimum absolute atomic E-state index is 0.0155. The van der Waals surface area contributed by atoms with Crippen LogP contribution in [0.4, 0.5) is 0 Å². The highest BCUT2D eigenvalue weighted by Crippen LogP contribution is 2.22. The Balaban J connectivity index is 2.72. The van der Waals surface area contributed by atoms with Crippen LogP contribution in [0.5, 0.6) is 0 Å². The molecule has 1 N–H and O–H groups in total. The third-order valence-corrected chi connectivity index (χ3v) is 4.58. The highest BCUT2D eigenvalue weighted by atomic mass is 32.2. The summed E-state index contributed by atoms with van der Waals surface area (Å²) in [7, 11) is 0. The first-order valence-corrected chi connectivity index (χ1v) is 8.04. The molecule has 5 heteroatoms. The maximum Gasteiger partial charge on any atom is 0.248 e. The van der Waals surface area contributed by atoms with Crippen molar-refractivity contribution >= 4 is 23.6 Å². The van der Waals surface area contributed by atoms with Crippen LogP contribution in [-0.4, -0.2) is 46.8 Å². The molecule has 0 radical (unpaired) electrons. The first kappa shape index (κ1) is 16.1. The van der Waals surface area contributed by atoms with Crippen molar-refractivity contribution in [3.8, 4) is 0 Å². The second-order valence-corrected chi connectivity index (χ2v) is 5.89. The zero-order valence-electron chi connectivity index (χ0n) is 11.9. The molecule has 1 fully saturated rings. The van der Waals surface area contributed by atoms with Gasteiger partial charge in [-0.05, 0) is 12.8 Å². The molecule has 19 heavy (non-hydrogen) atoms. The molecular weight excluding hydrogens is 260 g/mol. The molecule has 0 spiro atoms. The molecular formula is C14H24N2O2S. The minimum atomic E-state index is -0.698. The average Bonchev–Trinajstić information content (AvgIpc) is 2.54. The Bertz CT molecular complexity index is 340. The monoisotopic (exact) mass is 284 g/mol. The lowest BCUT2D eigenvalue weighted by atomic mass is 9.91. The topological polar surface area (TPSA) is 49.4 Å². The first-order chi connectivity index (χ1) is 9.09. The number of carbonyl (C=O) groups excluding carboxylic acids is 2. The lowest BCUT2D eigenvalue weighted by Gasteiger charge is -2.33. The molecule has 0 aromatic rings. The Morgan fingerprint density at radius 3 is 2.68 bits per heavy atom. The van der Waals surface area contributed by atoms with Gasteiger partial charge in [-0.1, -0.05) is 19.9 Å². The number of rotatable bonds is 7. The summed E-state index contributed by atoms with van der Waals surface area (Å²) in [4.78, 5) is 26.2. The predicted molar refractivity (Wildman–Crippen MR) is 80.2 cm³/mol. The second kappa shape index (κ2) is 7.58. The van der Waals surface area contributed by atoms with Crippen molar-refractivity contribution in [3.63, 3.8) is 0 Å². The fourth-order valence-corrected chi connectivity index (χ4v) is 2.99. The molecule has 0 bridgehead atoms. The smallest absolute Gasteiger partial charge is 0.248 e. The molecule has 0 aromatic carbocycles. The Labute approximate surface area is 120 Å². The van der Waals surface area contributed by atoms with Crippen molar-refractivity contribution in [3.05, 3.63) is 12.7 Å². The third-order valence-electron chi connectivity index (χ3n) is 3.63. The summed E-state index contributed by atoms with van der Waals surface area (Å²) in [5.41, 5.74) is -0.698. The summed E-state index contributed by atoms with van der Waals surface area (Å²) in [5.74, 6) is 1.84. The van der Waals surface area contributed by atoms with Crippen molar-refractivity contribution in [2.24, 2.45) is 0 Å². The highest BCUT2D eigenvalue weighted by Gasteiger charge is 2.41. The van der Waals surface area contributed by atoms with E-state index in [0.29, 0.717) is 32.4 Å². The van der Waals surface area contributed by atoms with E-state index < -0.39 is 5.54 Å². The fourth-order valence-electron chi connectivity index (χ4n) is 2.31. The zero-order chi connectivity index (χ0) is 14.3. The van der Waals surface area contributed by atoms with Gasteiger partial charge in [0.15, 0.2) is 0 Å². The molecule has 1 aliphatic rings. The molecule has 2 amide bonds. The largest absolute Gasteiger partial charge is 0.342 e. The molecule has 1 saturated heterocycles. The van der Waals surface area contributed by atoms with E-state index in [4.69, 9.17) is 0 Å². The standard InChI is InChI=1S/C14H24N2O2S/c1-4-10-19-11-9-16-8-7-12(17)15-14(5-2,6-3)13(16)18/h4H,1,5-11H2,2-3H3,(H,15,17). The van der Waals surface area contributed by atoms with Gasteiger partial charge in [-0.25, -0.2) is 0 Å². The van der Waals surface area contributed by atoms with Gasteiger partial charge in [-0.15, -0.1) is 6.58 Å². The minimum Gasteiger partial charge on any atom is -0.342 e. The van der Waals surface area contributed by atoms with Crippen molar-refractivity contribution in [2.75, 3.05) is 24.6 Å². The number of hydrogen-bond acceptors (Lipinski definition) is 3. The van der Waals surface area contributed by atoms with Crippen LogP contribution in [0.15, 0.2) is 12.7 Å². The molecule has 0 aromatic heterocycles. The molecule has 0 saturated carbocycles. The van der Waals surface area contributed by atoms with Crippen LogP contribution in [0.3, 0.4) is 0 Å². The number of nitrogens with one attached hydrogen (secondary N) is 1. The van der Waals surface area contributed by atoms with Crippen molar-refractivity contribution in [2.45, 2.75) is 38.6 Å². The maximum atomic E-state index is 12.6.